The van der Waals surface area contributed by atoms with E-state index in [-0.39, 0.29) is 0 Å². The number of benzene rings is 2. The minimum atomic E-state index is 0.500. The lowest BCUT2D eigenvalue weighted by Gasteiger charge is -2.32. The van der Waals surface area contributed by atoms with E-state index in [1.165, 1.54) is 29.5 Å². The number of fused-ring (bicyclic) bond motifs is 1. The molecule has 0 unspecified atom stereocenters. The van der Waals surface area contributed by atoms with E-state index in [0.29, 0.717) is 11.8 Å². The van der Waals surface area contributed by atoms with Crippen molar-refractivity contribution in [1.29, 1.82) is 0 Å². The van der Waals surface area contributed by atoms with Gasteiger partial charge < -0.3 is 4.74 Å². The minimum absolute atomic E-state index is 0.500. The molecule has 19 heavy (non-hydrogen) atoms. The van der Waals surface area contributed by atoms with Gasteiger partial charge in [0, 0.05) is 5.92 Å². The Morgan fingerprint density at radius 1 is 1.05 bits per heavy atom. The number of ether oxygens (including phenoxy) is 1. The topological polar surface area (TPSA) is 9.23 Å². The SMILES string of the molecule is COc1ccc2c(c1)[C@@H](c1ccccc1)[C@H](C)CC2. The number of aryl methyl sites for hydroxylation is 1. The van der Waals surface area contributed by atoms with Crippen LogP contribution < -0.4 is 4.74 Å². The summed E-state index contributed by atoms with van der Waals surface area (Å²) in [5, 5.41) is 0. The Balaban J connectivity index is 2.10. The van der Waals surface area contributed by atoms with Gasteiger partial charge in [-0.1, -0.05) is 43.3 Å². The predicted octanol–water partition coefficient (Wildman–Crippen LogP) is 4.41. The third-order valence-corrected chi connectivity index (χ3v) is 4.28. The highest BCUT2D eigenvalue weighted by molar-refractivity contribution is 5.44. The molecule has 3 rings (SSSR count). The first-order valence-corrected chi connectivity index (χ1v) is 7.01. The van der Waals surface area contributed by atoms with Crippen LogP contribution in [0.15, 0.2) is 48.5 Å². The van der Waals surface area contributed by atoms with Gasteiger partial charge in [-0.25, -0.2) is 0 Å². The maximum Gasteiger partial charge on any atom is 0.119 e. The molecule has 98 valence electrons. The molecule has 0 radical (unpaired) electrons. The molecule has 1 aliphatic carbocycles. The van der Waals surface area contributed by atoms with Gasteiger partial charge >= 0.3 is 0 Å². The molecular weight excluding hydrogens is 232 g/mol. The van der Waals surface area contributed by atoms with Gasteiger partial charge in [0.05, 0.1) is 7.11 Å². The smallest absolute Gasteiger partial charge is 0.119 e. The summed E-state index contributed by atoms with van der Waals surface area (Å²) in [6.07, 6.45) is 2.45. The predicted molar refractivity (Wildman–Crippen MR) is 78.8 cm³/mol. The van der Waals surface area contributed by atoms with Crippen molar-refractivity contribution in [3.05, 3.63) is 65.2 Å². The first-order chi connectivity index (χ1) is 9.29. The Labute approximate surface area is 115 Å². The molecule has 0 heterocycles. The number of hydrogen-bond donors (Lipinski definition) is 0. The molecule has 2 aromatic carbocycles. The Morgan fingerprint density at radius 2 is 1.84 bits per heavy atom. The van der Waals surface area contributed by atoms with Crippen LogP contribution in [0.2, 0.25) is 0 Å². The van der Waals surface area contributed by atoms with Crippen molar-refractivity contribution in [2.24, 2.45) is 5.92 Å². The summed E-state index contributed by atoms with van der Waals surface area (Å²) in [5.41, 5.74) is 4.35. The first kappa shape index (κ1) is 12.3. The Kier molecular flexibility index (Phi) is 3.29. The molecule has 0 amide bonds. The van der Waals surface area contributed by atoms with E-state index in [2.05, 4.69) is 55.5 Å². The second-order valence-electron chi connectivity index (χ2n) is 5.47. The molecule has 0 aromatic heterocycles. The molecule has 2 aromatic rings. The van der Waals surface area contributed by atoms with Crippen molar-refractivity contribution < 1.29 is 4.74 Å². The van der Waals surface area contributed by atoms with E-state index >= 15 is 0 Å². The van der Waals surface area contributed by atoms with Gasteiger partial charge in [0.2, 0.25) is 0 Å². The average molecular weight is 252 g/mol. The summed E-state index contributed by atoms with van der Waals surface area (Å²) in [6.45, 7) is 2.36. The standard InChI is InChI=1S/C18H20O/c1-13-8-9-14-10-11-16(19-2)12-17(14)18(13)15-6-4-3-5-7-15/h3-7,10-13,18H,8-9H2,1-2H3/t13-,18-/m1/s1. The monoisotopic (exact) mass is 252 g/mol. The van der Waals surface area contributed by atoms with Crippen LogP contribution >= 0.6 is 0 Å². The molecule has 0 N–H and O–H groups in total. The van der Waals surface area contributed by atoms with Crippen LogP contribution in [-0.4, -0.2) is 7.11 Å². The van der Waals surface area contributed by atoms with Crippen molar-refractivity contribution >= 4 is 0 Å². The van der Waals surface area contributed by atoms with Crippen molar-refractivity contribution in [2.45, 2.75) is 25.7 Å². The van der Waals surface area contributed by atoms with Crippen LogP contribution in [0.4, 0.5) is 0 Å². The first-order valence-electron chi connectivity index (χ1n) is 7.01. The summed E-state index contributed by atoms with van der Waals surface area (Å²) in [5.74, 6) is 2.15. The molecule has 0 bridgehead atoms. The highest BCUT2D eigenvalue weighted by Gasteiger charge is 2.28. The third-order valence-electron chi connectivity index (χ3n) is 4.28. The van der Waals surface area contributed by atoms with Gasteiger partial charge in [-0.05, 0) is 47.6 Å². The maximum absolute atomic E-state index is 5.40. The molecule has 0 saturated heterocycles. The van der Waals surface area contributed by atoms with Crippen LogP contribution in [0.25, 0.3) is 0 Å². The van der Waals surface area contributed by atoms with Gasteiger partial charge in [0.25, 0.3) is 0 Å². The molecule has 0 fully saturated rings. The zero-order chi connectivity index (χ0) is 13.2. The summed E-state index contributed by atoms with van der Waals surface area (Å²) in [4.78, 5) is 0. The van der Waals surface area contributed by atoms with Crippen molar-refractivity contribution in [2.75, 3.05) is 7.11 Å². The minimum Gasteiger partial charge on any atom is -0.497 e. The van der Waals surface area contributed by atoms with Gasteiger partial charge in [0.1, 0.15) is 5.75 Å². The van der Waals surface area contributed by atoms with Crippen LogP contribution in [0.1, 0.15) is 36.0 Å². The molecule has 2 atom stereocenters. The van der Waals surface area contributed by atoms with Crippen LogP contribution in [0.5, 0.6) is 5.75 Å². The number of hydrogen-bond acceptors (Lipinski definition) is 1. The van der Waals surface area contributed by atoms with Crippen molar-refractivity contribution in [3.8, 4) is 5.75 Å². The van der Waals surface area contributed by atoms with Crippen molar-refractivity contribution in [3.63, 3.8) is 0 Å². The quantitative estimate of drug-likeness (QED) is 0.769. The van der Waals surface area contributed by atoms with Crippen molar-refractivity contribution in [1.82, 2.24) is 0 Å². The number of methoxy groups -OCH3 is 1. The van der Waals surface area contributed by atoms with E-state index in [0.717, 1.165) is 5.75 Å². The van der Waals surface area contributed by atoms with E-state index in [1.54, 1.807) is 7.11 Å². The van der Waals surface area contributed by atoms with E-state index in [9.17, 15) is 0 Å². The van der Waals surface area contributed by atoms with Crippen LogP contribution in [-0.2, 0) is 6.42 Å². The fraction of sp³-hybridized carbons (Fsp3) is 0.333. The fourth-order valence-electron chi connectivity index (χ4n) is 3.24. The summed E-state index contributed by atoms with van der Waals surface area (Å²) >= 11 is 0. The largest absolute Gasteiger partial charge is 0.497 e. The van der Waals surface area contributed by atoms with E-state index in [1.807, 2.05) is 0 Å². The Bertz CT molecular complexity index is 559. The Hall–Kier alpha value is -1.76. The molecule has 0 saturated carbocycles. The zero-order valence-corrected chi connectivity index (χ0v) is 11.6. The lowest BCUT2D eigenvalue weighted by atomic mass is 9.72. The van der Waals surface area contributed by atoms with Crippen LogP contribution in [0.3, 0.4) is 0 Å². The van der Waals surface area contributed by atoms with Gasteiger partial charge in [-0.2, -0.15) is 0 Å². The van der Waals surface area contributed by atoms with E-state index in [4.69, 9.17) is 4.74 Å². The molecule has 1 aliphatic rings. The highest BCUT2D eigenvalue weighted by Crippen LogP contribution is 2.41. The van der Waals surface area contributed by atoms with Gasteiger partial charge in [-0.15, -0.1) is 0 Å². The average Bonchev–Trinajstić information content (AvgIpc) is 2.47. The molecular formula is C18H20O. The summed E-state index contributed by atoms with van der Waals surface area (Å²) < 4.78 is 5.40. The lowest BCUT2D eigenvalue weighted by Crippen LogP contribution is -2.19. The third kappa shape index (κ3) is 2.25. The fourth-order valence-corrected chi connectivity index (χ4v) is 3.24. The molecule has 1 nitrogen and oxygen atoms in total. The molecule has 1 heteroatoms. The lowest BCUT2D eigenvalue weighted by molar-refractivity contribution is 0.407. The second-order valence-corrected chi connectivity index (χ2v) is 5.47. The highest BCUT2D eigenvalue weighted by atomic mass is 16.5. The van der Waals surface area contributed by atoms with E-state index < -0.39 is 0 Å². The van der Waals surface area contributed by atoms with Gasteiger partial charge in [0.15, 0.2) is 0 Å². The van der Waals surface area contributed by atoms with Crippen LogP contribution in [0, 0.1) is 5.92 Å². The molecule has 0 spiro atoms. The molecule has 0 aliphatic heterocycles. The zero-order valence-electron chi connectivity index (χ0n) is 11.6. The normalized spacial score (nSPS) is 21.8. The summed E-state index contributed by atoms with van der Waals surface area (Å²) in [7, 11) is 1.74. The second kappa shape index (κ2) is 5.08. The Morgan fingerprint density at radius 3 is 2.58 bits per heavy atom. The maximum atomic E-state index is 5.40. The summed E-state index contributed by atoms with van der Waals surface area (Å²) in [6, 6.07) is 17.4. The number of rotatable bonds is 2. The van der Waals surface area contributed by atoms with Gasteiger partial charge in [-0.3, -0.25) is 0 Å².